The number of nitrogens with one attached hydrogen (secondary N) is 2. The van der Waals surface area contributed by atoms with Crippen LogP contribution in [0.5, 0.6) is 0 Å². The lowest BCUT2D eigenvalue weighted by molar-refractivity contribution is -0.144. The Morgan fingerprint density at radius 1 is 1.00 bits per heavy atom. The molecule has 2 rings (SSSR count). The third-order valence-corrected chi connectivity index (χ3v) is 3.74. The molecule has 0 aliphatic carbocycles. The summed E-state index contributed by atoms with van der Waals surface area (Å²) in [6.07, 6.45) is 1.82. The van der Waals surface area contributed by atoms with Gasteiger partial charge in [0.25, 0.3) is 5.91 Å². The number of rotatable bonds is 7. The van der Waals surface area contributed by atoms with Crippen LogP contribution in [0.4, 0.5) is 0 Å². The fourth-order valence-electron chi connectivity index (χ4n) is 2.49. The normalized spacial score (nSPS) is 12.0. The summed E-state index contributed by atoms with van der Waals surface area (Å²) in [6, 6.07) is 17.5. The molecule has 2 aromatic carbocycles. The van der Waals surface area contributed by atoms with Crippen LogP contribution >= 0.6 is 0 Å². The van der Waals surface area contributed by atoms with Gasteiger partial charge in [0, 0.05) is 13.3 Å². The van der Waals surface area contributed by atoms with Crippen molar-refractivity contribution in [2.45, 2.75) is 19.4 Å². The van der Waals surface area contributed by atoms with Crippen molar-refractivity contribution in [1.82, 2.24) is 10.6 Å². The van der Waals surface area contributed by atoms with Crippen LogP contribution in [0.15, 0.2) is 66.4 Å². The molecule has 0 fully saturated rings. The van der Waals surface area contributed by atoms with Crippen LogP contribution in [-0.2, 0) is 25.5 Å². The Morgan fingerprint density at radius 2 is 1.59 bits per heavy atom. The zero-order chi connectivity index (χ0) is 19.6. The summed E-state index contributed by atoms with van der Waals surface area (Å²) in [5, 5.41) is 5.16. The standard InChI is InChI=1S/C21H22N2O4/c1-15(24)22-18(13-16-9-5-3-6-10-16)20(25)23-19(21(26)27-2)14-17-11-7-4-8-12-17/h3-13,19H,14H2,1-2H3,(H,22,24)(H,23,25)/t19-/m0/s1. The molecule has 0 radical (unpaired) electrons. The summed E-state index contributed by atoms with van der Waals surface area (Å²) in [7, 11) is 1.26. The van der Waals surface area contributed by atoms with E-state index in [1.807, 2.05) is 48.5 Å². The van der Waals surface area contributed by atoms with Crippen LogP contribution in [0.2, 0.25) is 0 Å². The van der Waals surface area contributed by atoms with Crippen LogP contribution in [0.3, 0.4) is 0 Å². The van der Waals surface area contributed by atoms with Gasteiger partial charge in [0.05, 0.1) is 7.11 Å². The van der Waals surface area contributed by atoms with Crippen molar-refractivity contribution in [2.75, 3.05) is 7.11 Å². The Labute approximate surface area is 158 Å². The van der Waals surface area contributed by atoms with Crippen LogP contribution in [-0.4, -0.2) is 30.9 Å². The molecule has 6 heteroatoms. The number of esters is 1. The lowest BCUT2D eigenvalue weighted by atomic mass is 10.1. The smallest absolute Gasteiger partial charge is 0.328 e. The fourth-order valence-corrected chi connectivity index (χ4v) is 2.49. The summed E-state index contributed by atoms with van der Waals surface area (Å²) in [5.41, 5.74) is 1.67. The van der Waals surface area contributed by atoms with Crippen molar-refractivity contribution in [3.8, 4) is 0 Å². The first-order valence-electron chi connectivity index (χ1n) is 8.46. The number of hydrogen-bond acceptors (Lipinski definition) is 4. The molecule has 140 valence electrons. The monoisotopic (exact) mass is 366 g/mol. The van der Waals surface area contributed by atoms with Gasteiger partial charge in [-0.15, -0.1) is 0 Å². The molecule has 2 amide bonds. The van der Waals surface area contributed by atoms with E-state index in [2.05, 4.69) is 10.6 Å². The maximum Gasteiger partial charge on any atom is 0.328 e. The maximum atomic E-state index is 12.7. The van der Waals surface area contributed by atoms with Gasteiger partial charge >= 0.3 is 5.97 Å². The predicted molar refractivity (Wildman–Crippen MR) is 102 cm³/mol. The lowest BCUT2D eigenvalue weighted by Gasteiger charge is -2.18. The van der Waals surface area contributed by atoms with Crippen LogP contribution in [0, 0.1) is 0 Å². The van der Waals surface area contributed by atoms with Gasteiger partial charge in [0.2, 0.25) is 5.91 Å². The summed E-state index contributed by atoms with van der Waals surface area (Å²) in [6.45, 7) is 1.31. The van der Waals surface area contributed by atoms with E-state index < -0.39 is 17.9 Å². The number of carbonyl (C=O) groups excluding carboxylic acids is 3. The first-order valence-corrected chi connectivity index (χ1v) is 8.46. The summed E-state index contributed by atoms with van der Waals surface area (Å²) < 4.78 is 4.80. The molecule has 27 heavy (non-hydrogen) atoms. The molecule has 0 aliphatic heterocycles. The molecule has 0 spiro atoms. The quantitative estimate of drug-likeness (QED) is 0.580. The van der Waals surface area contributed by atoms with Crippen molar-refractivity contribution < 1.29 is 19.1 Å². The third-order valence-electron chi connectivity index (χ3n) is 3.74. The highest BCUT2D eigenvalue weighted by Gasteiger charge is 2.24. The molecule has 1 atom stereocenters. The van der Waals surface area contributed by atoms with Gasteiger partial charge in [-0.1, -0.05) is 60.7 Å². The van der Waals surface area contributed by atoms with Crippen molar-refractivity contribution in [3.63, 3.8) is 0 Å². The molecular formula is C21H22N2O4. The van der Waals surface area contributed by atoms with Crippen molar-refractivity contribution >= 4 is 23.9 Å². The van der Waals surface area contributed by atoms with Gasteiger partial charge in [-0.3, -0.25) is 9.59 Å². The van der Waals surface area contributed by atoms with E-state index >= 15 is 0 Å². The van der Waals surface area contributed by atoms with Gasteiger partial charge in [0.1, 0.15) is 11.7 Å². The third kappa shape index (κ3) is 6.43. The largest absolute Gasteiger partial charge is 0.467 e. The second kappa shape index (κ2) is 9.91. The minimum Gasteiger partial charge on any atom is -0.467 e. The highest BCUT2D eigenvalue weighted by atomic mass is 16.5. The van der Waals surface area contributed by atoms with E-state index in [0.717, 1.165) is 11.1 Å². The second-order valence-electron chi connectivity index (χ2n) is 5.89. The SMILES string of the molecule is COC(=O)[C@H](Cc1ccccc1)NC(=O)C(=Cc1ccccc1)NC(C)=O. The van der Waals surface area contributed by atoms with E-state index in [0.29, 0.717) is 0 Å². The number of carbonyl (C=O) groups is 3. The van der Waals surface area contributed by atoms with Crippen LogP contribution in [0.25, 0.3) is 6.08 Å². The topological polar surface area (TPSA) is 84.5 Å². The first-order chi connectivity index (χ1) is 13.0. The second-order valence-corrected chi connectivity index (χ2v) is 5.89. The zero-order valence-corrected chi connectivity index (χ0v) is 15.3. The molecule has 2 N–H and O–H groups in total. The Hall–Kier alpha value is -3.41. The number of amides is 2. The van der Waals surface area contributed by atoms with E-state index in [1.165, 1.54) is 14.0 Å². The van der Waals surface area contributed by atoms with Gasteiger partial charge in [0.15, 0.2) is 0 Å². The molecule has 6 nitrogen and oxygen atoms in total. The minimum absolute atomic E-state index is 0.0515. The molecule has 0 heterocycles. The predicted octanol–water partition coefficient (Wildman–Crippen LogP) is 2.06. The highest BCUT2D eigenvalue weighted by molar-refractivity contribution is 6.02. The molecule has 0 aromatic heterocycles. The minimum atomic E-state index is -0.877. The van der Waals surface area contributed by atoms with Crippen molar-refractivity contribution in [2.24, 2.45) is 0 Å². The average molecular weight is 366 g/mol. The molecular weight excluding hydrogens is 344 g/mol. The summed E-state index contributed by atoms with van der Waals surface area (Å²) >= 11 is 0. The van der Waals surface area contributed by atoms with Gasteiger partial charge in [-0.25, -0.2) is 4.79 Å². The number of methoxy groups -OCH3 is 1. The Kier molecular flexibility index (Phi) is 7.31. The maximum absolute atomic E-state index is 12.7. The fraction of sp³-hybridized carbons (Fsp3) is 0.190. The van der Waals surface area contributed by atoms with Gasteiger partial charge in [-0.2, -0.15) is 0 Å². The van der Waals surface area contributed by atoms with Gasteiger partial charge in [-0.05, 0) is 17.2 Å². The van der Waals surface area contributed by atoms with E-state index in [9.17, 15) is 14.4 Å². The average Bonchev–Trinajstić information content (AvgIpc) is 2.67. The van der Waals surface area contributed by atoms with Crippen LogP contribution < -0.4 is 10.6 Å². The molecule has 0 unspecified atom stereocenters. The Morgan fingerprint density at radius 3 is 2.15 bits per heavy atom. The molecule has 0 bridgehead atoms. The highest BCUT2D eigenvalue weighted by Crippen LogP contribution is 2.08. The molecule has 0 saturated heterocycles. The van der Waals surface area contributed by atoms with Crippen molar-refractivity contribution in [3.05, 3.63) is 77.5 Å². The van der Waals surface area contributed by atoms with E-state index in [1.54, 1.807) is 18.2 Å². The lowest BCUT2D eigenvalue weighted by Crippen LogP contribution is -2.45. The zero-order valence-electron chi connectivity index (χ0n) is 15.3. The van der Waals surface area contributed by atoms with Gasteiger partial charge < -0.3 is 15.4 Å². The van der Waals surface area contributed by atoms with E-state index in [-0.39, 0.29) is 18.0 Å². The number of hydrogen-bond donors (Lipinski definition) is 2. The summed E-state index contributed by atoms with van der Waals surface area (Å²) in [4.78, 5) is 36.3. The van der Waals surface area contributed by atoms with Crippen molar-refractivity contribution in [1.29, 1.82) is 0 Å². The Bertz CT molecular complexity index is 817. The first kappa shape index (κ1) is 19.9. The van der Waals surface area contributed by atoms with E-state index in [4.69, 9.17) is 4.74 Å². The number of benzene rings is 2. The van der Waals surface area contributed by atoms with Crippen LogP contribution in [0.1, 0.15) is 18.1 Å². The number of ether oxygens (including phenoxy) is 1. The molecule has 2 aromatic rings. The Balaban J connectivity index is 2.22. The molecule has 0 saturated carbocycles. The molecule has 0 aliphatic rings. The summed E-state index contributed by atoms with van der Waals surface area (Å²) in [5.74, 6) is -1.51.